The number of aliphatic hydroxyl groups is 4. The number of benzene rings is 1. The number of nitrogens with zero attached hydrogens (tertiary/aromatic N) is 3. The molecule has 1 fully saturated rings. The summed E-state index contributed by atoms with van der Waals surface area (Å²) in [6.07, 6.45) is 3.98. The van der Waals surface area contributed by atoms with Crippen molar-refractivity contribution in [2.45, 2.75) is 112 Å². The molecule has 5 aliphatic rings. The number of fused-ring (bicyclic) bond motifs is 14. The molecule has 4 aliphatic heterocycles. The van der Waals surface area contributed by atoms with Gasteiger partial charge in [-0.15, -0.1) is 0 Å². The third-order valence-corrected chi connectivity index (χ3v) is 12.7. The molecule has 6 rings (SSSR count). The van der Waals surface area contributed by atoms with E-state index in [1.54, 1.807) is 45.9 Å². The lowest BCUT2D eigenvalue weighted by Gasteiger charge is -2.37. The number of phenols is 1. The van der Waals surface area contributed by atoms with Crippen molar-refractivity contribution in [2.24, 2.45) is 34.7 Å². The molecule has 60 heavy (non-hydrogen) atoms. The predicted molar refractivity (Wildman–Crippen MR) is 225 cm³/mol. The second-order valence-electron chi connectivity index (χ2n) is 17.1. The van der Waals surface area contributed by atoms with Crippen LogP contribution in [0.25, 0.3) is 0 Å². The first-order valence-corrected chi connectivity index (χ1v) is 21.0. The minimum Gasteiger partial charge on any atom is -0.507 e. The zero-order valence-electron chi connectivity index (χ0n) is 36.5. The van der Waals surface area contributed by atoms with Crippen molar-refractivity contribution < 1.29 is 54.1 Å². The van der Waals surface area contributed by atoms with Gasteiger partial charge in [0.1, 0.15) is 29.8 Å². The first kappa shape index (κ1) is 46.5. The fourth-order valence-electron chi connectivity index (χ4n) is 8.56. The van der Waals surface area contributed by atoms with Crippen LogP contribution in [0.3, 0.4) is 0 Å². The average Bonchev–Trinajstić information content (AvgIpc) is 3.47. The lowest BCUT2D eigenvalue weighted by molar-refractivity contribution is -0.158. The number of rotatable bonds is 5. The third kappa shape index (κ3) is 9.35. The maximum atomic E-state index is 14.5. The topological polar surface area (TPSA) is 211 Å². The van der Waals surface area contributed by atoms with E-state index in [4.69, 9.17) is 14.2 Å². The second kappa shape index (κ2) is 19.0. The highest BCUT2D eigenvalue weighted by atomic mass is 16.7. The van der Waals surface area contributed by atoms with Gasteiger partial charge in [0.2, 0.25) is 0 Å². The molecule has 4 heterocycles. The van der Waals surface area contributed by atoms with Gasteiger partial charge >= 0.3 is 11.8 Å². The number of amides is 1. The number of piperazine rings is 1. The number of aromatic hydroxyl groups is 1. The number of ketones is 1. The second-order valence-corrected chi connectivity index (χ2v) is 17.1. The first-order valence-electron chi connectivity index (χ1n) is 21.0. The van der Waals surface area contributed by atoms with Crippen LogP contribution in [0.2, 0.25) is 0 Å². The summed E-state index contributed by atoms with van der Waals surface area (Å²) in [6.45, 7) is 20.6. The summed E-state index contributed by atoms with van der Waals surface area (Å²) in [5.41, 5.74) is -0.153. The quantitative estimate of drug-likeness (QED) is 0.180. The number of phenolic OH excluding ortho intramolecular Hbond substituents is 1. The van der Waals surface area contributed by atoms with E-state index in [1.165, 1.54) is 39.3 Å². The Balaban J connectivity index is 1.62. The fraction of sp³-hybridized carbons (Fsp3) is 0.600. The Bertz CT molecular complexity index is 1950. The van der Waals surface area contributed by atoms with E-state index in [-0.39, 0.29) is 56.7 Å². The molecule has 0 radical (unpaired) electrons. The van der Waals surface area contributed by atoms with Crippen LogP contribution in [0.1, 0.15) is 108 Å². The molecule has 1 aliphatic carbocycles. The number of hydrogen-bond acceptors (Lipinski definition) is 14. The summed E-state index contributed by atoms with van der Waals surface area (Å²) in [5, 5.41) is 68.0. The van der Waals surface area contributed by atoms with Gasteiger partial charge in [0.15, 0.2) is 0 Å². The van der Waals surface area contributed by atoms with Gasteiger partial charge < -0.3 is 45.1 Å². The summed E-state index contributed by atoms with van der Waals surface area (Å²) in [6, 6.07) is 0. The Labute approximate surface area is 353 Å². The maximum absolute atomic E-state index is 14.5. The van der Waals surface area contributed by atoms with Crippen LogP contribution in [0, 0.1) is 36.5 Å². The van der Waals surface area contributed by atoms with Crippen LogP contribution >= 0.6 is 0 Å². The highest BCUT2D eigenvalue weighted by Crippen LogP contribution is 2.53. The van der Waals surface area contributed by atoms with Gasteiger partial charge in [-0.1, -0.05) is 59.8 Å². The van der Waals surface area contributed by atoms with Crippen molar-refractivity contribution in [1.82, 2.24) is 15.2 Å². The molecule has 0 aromatic heterocycles. The van der Waals surface area contributed by atoms with Gasteiger partial charge in [-0.05, 0) is 44.7 Å². The molecule has 6 N–H and O–H groups in total. The smallest absolute Gasteiger partial charge is 0.312 e. The summed E-state index contributed by atoms with van der Waals surface area (Å²) < 4.78 is 18.0. The number of ether oxygens (including phenoxy) is 3. The van der Waals surface area contributed by atoms with Crippen molar-refractivity contribution in [1.29, 1.82) is 0 Å². The van der Waals surface area contributed by atoms with Crippen LogP contribution in [0.5, 0.6) is 11.5 Å². The summed E-state index contributed by atoms with van der Waals surface area (Å²) >= 11 is 0. The van der Waals surface area contributed by atoms with E-state index < -0.39 is 77.5 Å². The van der Waals surface area contributed by atoms with Crippen molar-refractivity contribution in [2.75, 3.05) is 32.7 Å². The minimum atomic E-state index is -1.96. The van der Waals surface area contributed by atoms with E-state index >= 15 is 0 Å². The molecule has 15 nitrogen and oxygen atoms in total. The van der Waals surface area contributed by atoms with E-state index in [1.807, 2.05) is 18.9 Å². The van der Waals surface area contributed by atoms with Gasteiger partial charge in [-0.25, -0.2) is 0 Å². The highest BCUT2D eigenvalue weighted by Gasteiger charge is 2.52. The van der Waals surface area contributed by atoms with Crippen LogP contribution in [0.4, 0.5) is 0 Å². The molecule has 2 unspecified atom stereocenters. The first-order chi connectivity index (χ1) is 28.2. The lowest BCUT2D eigenvalue weighted by Crippen LogP contribution is -2.45. The minimum absolute atomic E-state index is 0.00784. The molecule has 0 saturated carbocycles. The molecule has 1 aromatic rings. The van der Waals surface area contributed by atoms with E-state index in [2.05, 4.69) is 22.2 Å². The Morgan fingerprint density at radius 3 is 2.25 bits per heavy atom. The molecule has 5 bridgehead atoms. The van der Waals surface area contributed by atoms with Gasteiger partial charge in [-0.3, -0.25) is 24.3 Å². The van der Waals surface area contributed by atoms with Gasteiger partial charge in [0, 0.05) is 85.6 Å². The van der Waals surface area contributed by atoms with E-state index in [9.17, 15) is 39.9 Å². The fourth-order valence-corrected chi connectivity index (χ4v) is 8.56. The molecule has 11 atom stereocenters. The Morgan fingerprint density at radius 2 is 1.62 bits per heavy atom. The zero-order valence-corrected chi connectivity index (χ0v) is 36.5. The van der Waals surface area contributed by atoms with Gasteiger partial charge in [0.05, 0.1) is 35.9 Å². The molecular weight excluding hydrogens is 773 g/mol. The predicted octanol–water partition coefficient (Wildman–Crippen LogP) is 4.34. The van der Waals surface area contributed by atoms with Crippen LogP contribution in [0.15, 0.2) is 52.5 Å². The van der Waals surface area contributed by atoms with Crippen LogP contribution in [-0.2, 0) is 19.1 Å². The maximum Gasteiger partial charge on any atom is 0.312 e. The molecule has 1 saturated heterocycles. The summed E-state index contributed by atoms with van der Waals surface area (Å²) in [7, 11) is 0. The molecular formula is C45H64N4O11. The van der Waals surface area contributed by atoms with Gasteiger partial charge in [0.25, 0.3) is 11.7 Å². The number of carbonyl (C=O) groups is 3. The Hall–Kier alpha value is -4.54. The number of hydrogen-bond donors (Lipinski definition) is 6. The van der Waals surface area contributed by atoms with Crippen LogP contribution in [-0.4, -0.2) is 116 Å². The lowest BCUT2D eigenvalue weighted by atomic mass is 9.77. The number of Topliss-reactive ketones (excluding diaryl/α,β-unsaturated/α-hetero) is 1. The molecule has 1 aromatic carbocycles. The number of esters is 1. The third-order valence-electron chi connectivity index (χ3n) is 12.7. The number of allylic oxidation sites excluding steroid dienone is 3. The van der Waals surface area contributed by atoms with E-state index in [0.717, 1.165) is 26.1 Å². The molecule has 1 amide bonds. The summed E-state index contributed by atoms with van der Waals surface area (Å²) in [5.74, 6) is -6.71. The Kier molecular flexibility index (Phi) is 14.7. The largest absolute Gasteiger partial charge is 0.507 e. The van der Waals surface area contributed by atoms with Crippen molar-refractivity contribution in [3.63, 3.8) is 0 Å². The molecule has 0 spiro atoms. The number of nitrogens with one attached hydrogen (secondary N) is 1. The zero-order chi connectivity index (χ0) is 44.4. The normalized spacial score (nSPS) is 35.4. The Morgan fingerprint density at radius 1 is 0.950 bits per heavy atom. The molecule has 330 valence electrons. The number of hydrazone groups is 1. The number of carbonyl (C=O) groups excluding carboxylic acids is 3. The standard InChI is InChI=1S/C45H64N4O11/c1-11-16-48-17-19-49(20-18-48)46-22-31-35-40(55)33-32(39(31)54)34-42(29(8)38(33)53)60-45(10,43(34)56)58-21-15-23(2)26(5)41(59-30(9)50)28(7)37(52)27(6)36(51)24(3)13-12-14-25(4)44(57)47-35/h12-15,21-24,26-28,36-37,39-41,51-55H,11,16-20H2,1-10H3,(H,47,57)/b13-12+,21-15+,25-14-,46-22+/t23-,24-,26+,27+,28+,36-,37+,39?,40?,41+,45-/m0/s1. The SMILES string of the molecule is CCCN1CCN(/N=C/C2=C3NC(=O)/C(C)=C\C=C\[C@H](C)[C@H](O)[C@@H](C)[C@@H](O)[C@@H](C)[C@H](OC(C)=O)[C@H](C)[C@@H](C)/C=C/O[C@@]4(C)Oc5c(C)c(O)c(c(c5C4=O)C2O)C3O)CC1. The van der Waals surface area contributed by atoms with Crippen molar-refractivity contribution in [3.05, 3.63) is 69.7 Å². The average molecular weight is 837 g/mol. The van der Waals surface area contributed by atoms with Gasteiger partial charge in [-0.2, -0.15) is 5.10 Å². The monoisotopic (exact) mass is 836 g/mol. The van der Waals surface area contributed by atoms with Crippen LogP contribution < -0.4 is 10.1 Å². The molecule has 15 heteroatoms. The number of aliphatic hydroxyl groups excluding tert-OH is 4. The highest BCUT2D eigenvalue weighted by molar-refractivity contribution is 6.09. The van der Waals surface area contributed by atoms with Crippen molar-refractivity contribution >= 4 is 23.9 Å². The summed E-state index contributed by atoms with van der Waals surface area (Å²) in [4.78, 5) is 42.9. The van der Waals surface area contributed by atoms with Crippen molar-refractivity contribution in [3.8, 4) is 11.5 Å². The van der Waals surface area contributed by atoms with E-state index in [0.29, 0.717) is 13.1 Å².